The highest BCUT2D eigenvalue weighted by molar-refractivity contribution is 5.58. The molecule has 0 spiro atoms. The molecule has 6 nitrogen and oxygen atoms in total. The summed E-state index contributed by atoms with van der Waals surface area (Å²) >= 11 is 0. The molecule has 0 radical (unpaired) electrons. The molecule has 2 heterocycles. The highest BCUT2D eigenvalue weighted by atomic mass is 16.7. The lowest BCUT2D eigenvalue weighted by atomic mass is 9.76. The molecular weight excluding hydrogens is 372 g/mol. The largest absolute Gasteiger partial charge is 0.493 e. The van der Waals surface area contributed by atoms with Crippen molar-refractivity contribution in [3.8, 4) is 28.7 Å². The van der Waals surface area contributed by atoms with Crippen LogP contribution in [0.3, 0.4) is 0 Å². The Hall–Kier alpha value is -2.60. The predicted molar refractivity (Wildman–Crippen MR) is 107 cm³/mol. The summed E-state index contributed by atoms with van der Waals surface area (Å²) in [6.07, 6.45) is 4.60. The van der Waals surface area contributed by atoms with E-state index in [2.05, 4.69) is 12.1 Å². The van der Waals surface area contributed by atoms with Crippen LogP contribution in [0.5, 0.6) is 28.7 Å². The van der Waals surface area contributed by atoms with Crippen molar-refractivity contribution >= 4 is 0 Å². The highest BCUT2D eigenvalue weighted by Crippen LogP contribution is 2.52. The fourth-order valence-electron chi connectivity index (χ4n) is 4.90. The first kappa shape index (κ1) is 18.4. The lowest BCUT2D eigenvalue weighted by Crippen LogP contribution is -2.33. The van der Waals surface area contributed by atoms with Crippen molar-refractivity contribution in [1.82, 2.24) is 0 Å². The Morgan fingerprint density at radius 3 is 2.10 bits per heavy atom. The second-order valence-corrected chi connectivity index (χ2v) is 7.74. The van der Waals surface area contributed by atoms with Gasteiger partial charge in [0.15, 0.2) is 23.0 Å². The smallest absolute Gasteiger partial charge is 0.231 e. The van der Waals surface area contributed by atoms with Gasteiger partial charge in [-0.15, -0.1) is 0 Å². The van der Waals surface area contributed by atoms with Crippen molar-refractivity contribution in [2.24, 2.45) is 0 Å². The van der Waals surface area contributed by atoms with Gasteiger partial charge in [-0.2, -0.15) is 0 Å². The maximum absolute atomic E-state index is 6.69. The molecule has 1 fully saturated rings. The van der Waals surface area contributed by atoms with E-state index in [-0.39, 0.29) is 19.0 Å². The van der Waals surface area contributed by atoms with E-state index in [9.17, 15) is 0 Å². The summed E-state index contributed by atoms with van der Waals surface area (Å²) in [5, 5.41) is 0. The van der Waals surface area contributed by atoms with Crippen molar-refractivity contribution in [2.45, 2.75) is 43.8 Å². The molecule has 1 aliphatic carbocycles. The van der Waals surface area contributed by atoms with E-state index in [0.29, 0.717) is 23.2 Å². The van der Waals surface area contributed by atoms with Gasteiger partial charge in [0.1, 0.15) is 6.10 Å². The number of ether oxygens (including phenoxy) is 6. The van der Waals surface area contributed by atoms with Gasteiger partial charge in [-0.25, -0.2) is 0 Å². The molecule has 0 saturated heterocycles. The Morgan fingerprint density at radius 1 is 0.793 bits per heavy atom. The van der Waals surface area contributed by atoms with Gasteiger partial charge in [0, 0.05) is 5.92 Å². The molecule has 2 aromatic carbocycles. The number of hydrogen-bond acceptors (Lipinski definition) is 6. The summed E-state index contributed by atoms with van der Waals surface area (Å²) in [6.45, 7) is 0.266. The second kappa shape index (κ2) is 7.34. The van der Waals surface area contributed by atoms with Crippen LogP contribution in [-0.4, -0.2) is 34.2 Å². The molecule has 3 atom stereocenters. The Morgan fingerprint density at radius 2 is 1.45 bits per heavy atom. The maximum atomic E-state index is 6.69. The summed E-state index contributed by atoms with van der Waals surface area (Å²) in [5.41, 5.74) is 3.42. The first-order chi connectivity index (χ1) is 14.2. The molecule has 0 N–H and O–H groups in total. The third-order valence-electron chi connectivity index (χ3n) is 6.26. The first-order valence-electron chi connectivity index (χ1n) is 10.1. The van der Waals surface area contributed by atoms with Crippen LogP contribution in [0.15, 0.2) is 24.3 Å². The monoisotopic (exact) mass is 398 g/mol. The van der Waals surface area contributed by atoms with Gasteiger partial charge < -0.3 is 28.4 Å². The molecule has 0 aromatic heterocycles. The summed E-state index contributed by atoms with van der Waals surface area (Å²) in [6, 6.07) is 8.19. The van der Waals surface area contributed by atoms with Crippen LogP contribution in [0.1, 0.15) is 54.4 Å². The Kier molecular flexibility index (Phi) is 4.66. The van der Waals surface area contributed by atoms with Crippen molar-refractivity contribution in [3.05, 3.63) is 41.0 Å². The summed E-state index contributed by atoms with van der Waals surface area (Å²) in [5.74, 6) is 3.83. The normalized spacial score (nSPS) is 24.4. The van der Waals surface area contributed by atoms with Gasteiger partial charge in [-0.3, -0.25) is 0 Å². The topological polar surface area (TPSA) is 55.4 Å². The van der Waals surface area contributed by atoms with Gasteiger partial charge in [0.25, 0.3) is 0 Å². The molecule has 2 aliphatic heterocycles. The summed E-state index contributed by atoms with van der Waals surface area (Å²) in [7, 11) is 4.87. The van der Waals surface area contributed by atoms with Crippen LogP contribution in [0.2, 0.25) is 0 Å². The molecule has 0 amide bonds. The van der Waals surface area contributed by atoms with Crippen LogP contribution in [0, 0.1) is 0 Å². The molecular formula is C23H26O6. The number of hydrogen-bond donors (Lipinski definition) is 0. The average molecular weight is 398 g/mol. The van der Waals surface area contributed by atoms with E-state index in [1.54, 1.807) is 21.3 Å². The van der Waals surface area contributed by atoms with Gasteiger partial charge in [0.2, 0.25) is 12.5 Å². The zero-order valence-corrected chi connectivity index (χ0v) is 17.0. The van der Waals surface area contributed by atoms with Gasteiger partial charge in [-0.1, -0.05) is 12.8 Å². The van der Waals surface area contributed by atoms with Crippen molar-refractivity contribution in [2.75, 3.05) is 28.1 Å². The van der Waals surface area contributed by atoms with E-state index in [1.807, 2.05) is 12.1 Å². The van der Waals surface area contributed by atoms with E-state index < -0.39 is 0 Å². The van der Waals surface area contributed by atoms with Crippen molar-refractivity contribution < 1.29 is 28.4 Å². The number of methoxy groups -OCH3 is 3. The highest BCUT2D eigenvalue weighted by Gasteiger charge is 2.39. The number of benzene rings is 2. The van der Waals surface area contributed by atoms with Crippen LogP contribution >= 0.6 is 0 Å². The van der Waals surface area contributed by atoms with E-state index in [4.69, 9.17) is 28.4 Å². The summed E-state index contributed by atoms with van der Waals surface area (Å²) in [4.78, 5) is 0. The lowest BCUT2D eigenvalue weighted by Gasteiger charge is -2.41. The fraction of sp³-hybridized carbons (Fsp3) is 0.478. The molecule has 1 saturated carbocycles. The molecule has 154 valence electrons. The van der Waals surface area contributed by atoms with Gasteiger partial charge in [0.05, 0.1) is 27.4 Å². The molecule has 0 unspecified atom stereocenters. The van der Waals surface area contributed by atoms with E-state index in [0.717, 1.165) is 35.5 Å². The fourth-order valence-corrected chi connectivity index (χ4v) is 4.90. The van der Waals surface area contributed by atoms with Crippen LogP contribution in [-0.2, 0) is 4.74 Å². The van der Waals surface area contributed by atoms with E-state index in [1.165, 1.54) is 18.4 Å². The van der Waals surface area contributed by atoms with Crippen molar-refractivity contribution in [1.29, 1.82) is 0 Å². The van der Waals surface area contributed by atoms with E-state index >= 15 is 0 Å². The summed E-state index contributed by atoms with van der Waals surface area (Å²) < 4.78 is 34.7. The average Bonchev–Trinajstić information content (AvgIpc) is 3.23. The minimum atomic E-state index is -0.229. The van der Waals surface area contributed by atoms with Crippen LogP contribution in [0.25, 0.3) is 0 Å². The van der Waals surface area contributed by atoms with Crippen molar-refractivity contribution in [3.63, 3.8) is 0 Å². The molecule has 3 aliphatic rings. The lowest BCUT2D eigenvalue weighted by molar-refractivity contribution is -0.0391. The number of rotatable bonds is 4. The molecule has 0 bridgehead atoms. The Balaban J connectivity index is 1.66. The standard InChI is InChI=1S/C23H26O6/c1-24-20-8-13(9-21(25-2)23(20)26-3)22-16-11-19-18(27-12-28-19)10-15(16)14-6-4-5-7-17(14)29-22/h8-11,14,17,22H,4-7,12H2,1-3H3/t14-,17-,22+/m1/s1. The molecule has 6 heteroatoms. The molecule has 2 aromatic rings. The van der Waals surface area contributed by atoms with Crippen LogP contribution in [0.4, 0.5) is 0 Å². The minimum absolute atomic E-state index is 0.195. The third-order valence-corrected chi connectivity index (χ3v) is 6.26. The first-order valence-corrected chi connectivity index (χ1v) is 10.1. The zero-order valence-electron chi connectivity index (χ0n) is 17.0. The molecule has 5 rings (SSSR count). The predicted octanol–water partition coefficient (Wildman–Crippen LogP) is 4.59. The molecule has 29 heavy (non-hydrogen) atoms. The number of fused-ring (bicyclic) bond motifs is 4. The minimum Gasteiger partial charge on any atom is -0.493 e. The Bertz CT molecular complexity index is 899. The SMILES string of the molecule is COc1cc([C@@H]2O[C@@H]3CCCC[C@@H]3c3cc4c(cc32)OCO4)cc(OC)c1OC. The van der Waals surface area contributed by atoms with Gasteiger partial charge >= 0.3 is 0 Å². The zero-order chi connectivity index (χ0) is 20.0. The van der Waals surface area contributed by atoms with Crippen LogP contribution < -0.4 is 23.7 Å². The van der Waals surface area contributed by atoms with Gasteiger partial charge in [-0.05, 0) is 53.8 Å². The third kappa shape index (κ3) is 2.97. The maximum Gasteiger partial charge on any atom is 0.231 e. The Labute approximate surface area is 170 Å². The second-order valence-electron chi connectivity index (χ2n) is 7.74. The quantitative estimate of drug-likeness (QED) is 0.751.